The molecule has 3 aromatic rings. The number of hydrogen-bond acceptors (Lipinski definition) is 3. The van der Waals surface area contributed by atoms with Crippen LogP contribution in [-0.4, -0.2) is 10.1 Å². The third-order valence-corrected chi connectivity index (χ3v) is 3.31. The minimum Gasteiger partial charge on any atom is -0.508 e. The number of rotatable bonds is 2. The molecule has 1 heterocycles. The Hall–Kier alpha value is -2.26. The van der Waals surface area contributed by atoms with Gasteiger partial charge in [-0.05, 0) is 61.9 Å². The quantitative estimate of drug-likeness (QED) is 0.673. The van der Waals surface area contributed by atoms with Crippen molar-refractivity contribution in [2.75, 3.05) is 5.32 Å². The number of aryl methyl sites for hydroxylation is 2. The van der Waals surface area contributed by atoms with Gasteiger partial charge in [-0.2, -0.15) is 0 Å². The summed E-state index contributed by atoms with van der Waals surface area (Å²) in [5.74, 6) is 1.07. The fourth-order valence-electron chi connectivity index (χ4n) is 2.26. The molecule has 0 atom stereocenters. The molecule has 4 heteroatoms. The first kappa shape index (κ1) is 15.1. The number of nitrogens with zero attached hydrogens (tertiary/aromatic N) is 1. The molecule has 0 bridgehead atoms. The van der Waals surface area contributed by atoms with Gasteiger partial charge in [0.1, 0.15) is 11.6 Å². The van der Waals surface area contributed by atoms with Gasteiger partial charge in [0.25, 0.3) is 0 Å². The highest BCUT2D eigenvalue weighted by Gasteiger charge is 2.03. The van der Waals surface area contributed by atoms with E-state index in [9.17, 15) is 5.11 Å². The molecule has 1 aromatic heterocycles. The van der Waals surface area contributed by atoms with Crippen LogP contribution >= 0.6 is 12.4 Å². The zero-order chi connectivity index (χ0) is 14.1. The van der Waals surface area contributed by atoms with Crippen LogP contribution in [-0.2, 0) is 0 Å². The summed E-state index contributed by atoms with van der Waals surface area (Å²) in [6.45, 7) is 4.17. The second-order valence-electron chi connectivity index (χ2n) is 5.02. The molecule has 0 amide bonds. The van der Waals surface area contributed by atoms with E-state index in [4.69, 9.17) is 0 Å². The van der Waals surface area contributed by atoms with Gasteiger partial charge in [-0.3, -0.25) is 0 Å². The van der Waals surface area contributed by atoms with E-state index in [1.165, 1.54) is 16.5 Å². The molecule has 0 fully saturated rings. The standard InChI is InChI=1S/C17H16N2O.ClH/c1-11-3-8-16-15(9-11)12(2)10-17(19-16)18-13-4-6-14(20)7-5-13;/h3-10,20H,1-2H3,(H,18,19);1H. The predicted octanol–water partition coefficient (Wildman–Crippen LogP) is 4.72. The van der Waals surface area contributed by atoms with Gasteiger partial charge >= 0.3 is 0 Å². The van der Waals surface area contributed by atoms with Crippen molar-refractivity contribution in [3.05, 3.63) is 59.7 Å². The summed E-state index contributed by atoms with van der Waals surface area (Å²) in [4.78, 5) is 4.62. The number of nitrogens with one attached hydrogen (secondary N) is 1. The van der Waals surface area contributed by atoms with Gasteiger partial charge in [0.05, 0.1) is 5.52 Å². The van der Waals surface area contributed by atoms with E-state index >= 15 is 0 Å². The first-order valence-corrected chi connectivity index (χ1v) is 6.56. The van der Waals surface area contributed by atoms with Crippen molar-refractivity contribution < 1.29 is 5.11 Å². The average Bonchev–Trinajstić information content (AvgIpc) is 2.42. The highest BCUT2D eigenvalue weighted by molar-refractivity contribution is 5.85. The monoisotopic (exact) mass is 300 g/mol. The molecule has 0 radical (unpaired) electrons. The number of phenolic OH excluding ortho intramolecular Hbond substituents is 1. The maximum atomic E-state index is 9.29. The number of pyridine rings is 1. The SMILES string of the molecule is Cc1ccc2nc(Nc3ccc(O)cc3)cc(C)c2c1.Cl. The largest absolute Gasteiger partial charge is 0.508 e. The molecule has 108 valence electrons. The number of hydrogen-bond donors (Lipinski definition) is 2. The van der Waals surface area contributed by atoms with Gasteiger partial charge in [0.15, 0.2) is 0 Å². The first-order chi connectivity index (χ1) is 9.61. The minimum atomic E-state index is 0. The molecule has 2 N–H and O–H groups in total. The Balaban J connectivity index is 0.00000161. The van der Waals surface area contributed by atoms with Gasteiger partial charge in [0, 0.05) is 11.1 Å². The molecular weight excluding hydrogens is 284 g/mol. The van der Waals surface area contributed by atoms with E-state index in [1.54, 1.807) is 12.1 Å². The van der Waals surface area contributed by atoms with Crippen molar-refractivity contribution in [3.63, 3.8) is 0 Å². The third kappa shape index (κ3) is 3.26. The molecule has 0 aliphatic carbocycles. The third-order valence-electron chi connectivity index (χ3n) is 3.31. The number of aromatic nitrogens is 1. The lowest BCUT2D eigenvalue weighted by Crippen LogP contribution is -1.95. The van der Waals surface area contributed by atoms with Crippen LogP contribution in [0.25, 0.3) is 10.9 Å². The Bertz CT molecular complexity index is 770. The number of halogens is 1. The van der Waals surface area contributed by atoms with Crippen LogP contribution in [0, 0.1) is 13.8 Å². The van der Waals surface area contributed by atoms with Crippen LogP contribution < -0.4 is 5.32 Å². The lowest BCUT2D eigenvalue weighted by molar-refractivity contribution is 0.475. The fourth-order valence-corrected chi connectivity index (χ4v) is 2.26. The molecule has 21 heavy (non-hydrogen) atoms. The van der Waals surface area contributed by atoms with Crippen LogP contribution in [0.5, 0.6) is 5.75 Å². The molecular formula is C17H17ClN2O. The molecule has 2 aromatic carbocycles. The second-order valence-corrected chi connectivity index (χ2v) is 5.02. The molecule has 0 saturated carbocycles. The van der Waals surface area contributed by atoms with E-state index in [-0.39, 0.29) is 18.2 Å². The number of aromatic hydroxyl groups is 1. The Morgan fingerprint density at radius 2 is 1.67 bits per heavy atom. The smallest absolute Gasteiger partial charge is 0.131 e. The van der Waals surface area contributed by atoms with E-state index in [2.05, 4.69) is 36.3 Å². The maximum Gasteiger partial charge on any atom is 0.131 e. The van der Waals surface area contributed by atoms with Crippen LogP contribution in [0.3, 0.4) is 0 Å². The fraction of sp³-hybridized carbons (Fsp3) is 0.118. The number of benzene rings is 2. The van der Waals surface area contributed by atoms with Gasteiger partial charge in [-0.15, -0.1) is 12.4 Å². The summed E-state index contributed by atoms with van der Waals surface area (Å²) in [6.07, 6.45) is 0. The number of anilines is 2. The number of phenols is 1. The highest BCUT2D eigenvalue weighted by Crippen LogP contribution is 2.24. The Labute approximate surface area is 130 Å². The van der Waals surface area contributed by atoms with E-state index in [1.807, 2.05) is 24.3 Å². The van der Waals surface area contributed by atoms with Crippen LogP contribution in [0.4, 0.5) is 11.5 Å². The van der Waals surface area contributed by atoms with E-state index < -0.39 is 0 Å². The first-order valence-electron chi connectivity index (χ1n) is 6.56. The summed E-state index contributed by atoms with van der Waals surface area (Å²) in [5, 5.41) is 13.7. The van der Waals surface area contributed by atoms with E-state index in [0.29, 0.717) is 0 Å². The minimum absolute atomic E-state index is 0. The Morgan fingerprint density at radius 3 is 2.38 bits per heavy atom. The molecule has 0 unspecified atom stereocenters. The molecule has 0 saturated heterocycles. The molecule has 3 nitrogen and oxygen atoms in total. The number of fused-ring (bicyclic) bond motifs is 1. The average molecular weight is 301 g/mol. The van der Waals surface area contributed by atoms with Crippen molar-refractivity contribution in [2.45, 2.75) is 13.8 Å². The van der Waals surface area contributed by atoms with Crippen molar-refractivity contribution >= 4 is 34.8 Å². The Kier molecular flexibility index (Phi) is 4.34. The molecule has 0 spiro atoms. The van der Waals surface area contributed by atoms with Gasteiger partial charge in [0.2, 0.25) is 0 Å². The van der Waals surface area contributed by atoms with Crippen molar-refractivity contribution in [1.29, 1.82) is 0 Å². The van der Waals surface area contributed by atoms with Crippen molar-refractivity contribution in [2.24, 2.45) is 0 Å². The van der Waals surface area contributed by atoms with Gasteiger partial charge in [-0.1, -0.05) is 11.6 Å². The lowest BCUT2D eigenvalue weighted by Gasteiger charge is -2.09. The maximum absolute atomic E-state index is 9.29. The zero-order valence-electron chi connectivity index (χ0n) is 11.9. The Morgan fingerprint density at radius 1 is 0.952 bits per heavy atom. The summed E-state index contributed by atoms with van der Waals surface area (Å²) >= 11 is 0. The second kappa shape index (κ2) is 6.02. The molecule has 3 rings (SSSR count). The van der Waals surface area contributed by atoms with Crippen molar-refractivity contribution in [3.8, 4) is 5.75 Å². The van der Waals surface area contributed by atoms with E-state index in [0.717, 1.165) is 17.0 Å². The summed E-state index contributed by atoms with van der Waals surface area (Å²) in [6, 6.07) is 15.3. The normalized spacial score (nSPS) is 10.2. The molecule has 0 aliphatic heterocycles. The molecule has 0 aliphatic rings. The van der Waals surface area contributed by atoms with Crippen LogP contribution in [0.1, 0.15) is 11.1 Å². The summed E-state index contributed by atoms with van der Waals surface area (Å²) < 4.78 is 0. The van der Waals surface area contributed by atoms with Crippen molar-refractivity contribution in [1.82, 2.24) is 4.98 Å². The lowest BCUT2D eigenvalue weighted by atomic mass is 10.1. The summed E-state index contributed by atoms with van der Waals surface area (Å²) in [7, 11) is 0. The predicted molar refractivity (Wildman–Crippen MR) is 89.9 cm³/mol. The van der Waals surface area contributed by atoms with Crippen LogP contribution in [0.2, 0.25) is 0 Å². The van der Waals surface area contributed by atoms with Crippen LogP contribution in [0.15, 0.2) is 48.5 Å². The summed E-state index contributed by atoms with van der Waals surface area (Å²) in [5.41, 5.74) is 4.32. The van der Waals surface area contributed by atoms with Gasteiger partial charge in [-0.25, -0.2) is 4.98 Å². The van der Waals surface area contributed by atoms with Gasteiger partial charge < -0.3 is 10.4 Å². The zero-order valence-corrected chi connectivity index (χ0v) is 12.7. The topological polar surface area (TPSA) is 45.2 Å². The highest BCUT2D eigenvalue weighted by atomic mass is 35.5.